The van der Waals surface area contributed by atoms with Crippen LogP contribution in [0.5, 0.6) is 0 Å². The van der Waals surface area contributed by atoms with Crippen molar-refractivity contribution in [1.29, 1.82) is 0 Å². The van der Waals surface area contributed by atoms with Gasteiger partial charge in [0, 0.05) is 30.6 Å². The summed E-state index contributed by atoms with van der Waals surface area (Å²) >= 11 is 1.75. The number of likely N-dealkylation sites (tertiary alicyclic amines) is 1. The molecule has 0 radical (unpaired) electrons. The third-order valence-corrected chi connectivity index (χ3v) is 5.72. The fraction of sp³-hybridized carbons (Fsp3) is 0.765. The molecule has 0 aromatic carbocycles. The Labute approximate surface area is 166 Å². The van der Waals surface area contributed by atoms with Gasteiger partial charge in [-0.3, -0.25) is 0 Å². The molecule has 2 fully saturated rings. The highest BCUT2D eigenvalue weighted by Gasteiger charge is 2.34. The van der Waals surface area contributed by atoms with Gasteiger partial charge >= 0.3 is 0 Å². The van der Waals surface area contributed by atoms with Gasteiger partial charge in [-0.1, -0.05) is 0 Å². The van der Waals surface area contributed by atoms with Crippen molar-refractivity contribution in [3.63, 3.8) is 0 Å². The highest BCUT2D eigenvalue weighted by atomic mass is 127. The Morgan fingerprint density at radius 1 is 1.29 bits per heavy atom. The maximum absolute atomic E-state index is 4.74. The molecule has 2 N–H and O–H groups in total. The Balaban J connectivity index is 0.00000208. The number of guanidine groups is 1. The molecule has 1 aliphatic heterocycles. The second kappa shape index (κ2) is 9.33. The third kappa shape index (κ3) is 5.56. The first kappa shape index (κ1) is 19.9. The quantitative estimate of drug-likeness (QED) is 0.387. The van der Waals surface area contributed by atoms with Crippen molar-refractivity contribution in [2.45, 2.75) is 52.6 Å². The normalized spacial score (nSPS) is 21.6. The lowest BCUT2D eigenvalue weighted by molar-refractivity contribution is 0.314. The van der Waals surface area contributed by atoms with Crippen LogP contribution >= 0.6 is 35.3 Å². The smallest absolute Gasteiger partial charge is 0.191 e. The first-order valence-electron chi connectivity index (χ1n) is 8.84. The number of thiazole rings is 1. The van der Waals surface area contributed by atoms with Crippen LogP contribution in [0.3, 0.4) is 0 Å². The zero-order valence-corrected chi connectivity index (χ0v) is 18.1. The summed E-state index contributed by atoms with van der Waals surface area (Å²) < 4.78 is 0. The van der Waals surface area contributed by atoms with Crippen LogP contribution in [0.1, 0.15) is 41.8 Å². The average molecular weight is 463 g/mol. The van der Waals surface area contributed by atoms with Gasteiger partial charge in [0.2, 0.25) is 0 Å². The number of nitrogens with zero attached hydrogens (tertiary/aromatic N) is 3. The Bertz CT molecular complexity index is 555. The average Bonchev–Trinajstić information content (AvgIpc) is 3.18. The number of halogens is 1. The van der Waals surface area contributed by atoms with Gasteiger partial charge in [-0.15, -0.1) is 35.3 Å². The lowest BCUT2D eigenvalue weighted by Crippen LogP contribution is -2.40. The van der Waals surface area contributed by atoms with Crippen molar-refractivity contribution in [2.75, 3.05) is 26.2 Å². The molecule has 1 atom stereocenters. The Morgan fingerprint density at radius 3 is 2.71 bits per heavy atom. The summed E-state index contributed by atoms with van der Waals surface area (Å²) in [5.74, 6) is 1.69. The van der Waals surface area contributed by atoms with Gasteiger partial charge in [-0.25, -0.2) is 9.98 Å². The summed E-state index contributed by atoms with van der Waals surface area (Å²) in [6.45, 7) is 11.4. The molecule has 0 amide bonds. The van der Waals surface area contributed by atoms with Gasteiger partial charge in [0.1, 0.15) is 0 Å². The predicted octanol–water partition coefficient (Wildman–Crippen LogP) is 2.92. The summed E-state index contributed by atoms with van der Waals surface area (Å²) in [7, 11) is 0. The molecule has 3 rings (SSSR count). The number of rotatable bonds is 6. The molecule has 5 nitrogen and oxygen atoms in total. The van der Waals surface area contributed by atoms with Crippen molar-refractivity contribution >= 4 is 41.3 Å². The SMILES string of the molecule is CCNC(=NCc1sc(C)nc1C)NCC1CCN(C2CC2)C1.I. The minimum atomic E-state index is 0. The van der Waals surface area contributed by atoms with Crippen molar-refractivity contribution in [3.8, 4) is 0 Å². The van der Waals surface area contributed by atoms with Crippen molar-refractivity contribution in [2.24, 2.45) is 10.9 Å². The van der Waals surface area contributed by atoms with E-state index in [1.807, 2.05) is 0 Å². The van der Waals surface area contributed by atoms with E-state index in [0.29, 0.717) is 6.54 Å². The molecule has 1 unspecified atom stereocenters. The maximum Gasteiger partial charge on any atom is 0.191 e. The molecule has 1 saturated carbocycles. The number of hydrogen-bond donors (Lipinski definition) is 2. The van der Waals surface area contributed by atoms with Gasteiger partial charge in [0.05, 0.1) is 17.2 Å². The second-order valence-electron chi connectivity index (χ2n) is 6.70. The molecule has 136 valence electrons. The molecule has 7 heteroatoms. The molecule has 2 heterocycles. The Hall–Kier alpha value is -0.410. The topological polar surface area (TPSA) is 52.6 Å². The van der Waals surface area contributed by atoms with Crippen LogP contribution in [0.4, 0.5) is 0 Å². The van der Waals surface area contributed by atoms with E-state index in [1.54, 1.807) is 11.3 Å². The third-order valence-electron chi connectivity index (χ3n) is 4.66. The zero-order valence-electron chi connectivity index (χ0n) is 15.0. The molecular formula is C17H30IN5S. The summed E-state index contributed by atoms with van der Waals surface area (Å²) in [5.41, 5.74) is 1.11. The predicted molar refractivity (Wildman–Crippen MR) is 113 cm³/mol. The van der Waals surface area contributed by atoms with E-state index in [2.05, 4.69) is 41.3 Å². The van der Waals surface area contributed by atoms with Crippen LogP contribution in [0.25, 0.3) is 0 Å². The Morgan fingerprint density at radius 2 is 2.08 bits per heavy atom. The fourth-order valence-corrected chi connectivity index (χ4v) is 4.12. The van der Waals surface area contributed by atoms with Gasteiger partial charge in [-0.2, -0.15) is 0 Å². The van der Waals surface area contributed by atoms with Crippen LogP contribution in [0.15, 0.2) is 4.99 Å². The molecule has 1 aromatic rings. The van der Waals surface area contributed by atoms with Crippen LogP contribution in [-0.4, -0.2) is 48.1 Å². The molecular weight excluding hydrogens is 433 g/mol. The van der Waals surface area contributed by atoms with Gasteiger partial charge in [0.25, 0.3) is 0 Å². The molecule has 2 aliphatic rings. The largest absolute Gasteiger partial charge is 0.357 e. The highest BCUT2D eigenvalue weighted by Crippen LogP contribution is 2.31. The van der Waals surface area contributed by atoms with Crippen molar-refractivity contribution < 1.29 is 0 Å². The van der Waals surface area contributed by atoms with E-state index in [1.165, 1.54) is 37.2 Å². The van der Waals surface area contributed by atoms with Gasteiger partial charge in [-0.05, 0) is 52.5 Å². The first-order valence-corrected chi connectivity index (χ1v) is 9.66. The van der Waals surface area contributed by atoms with Crippen LogP contribution in [0.2, 0.25) is 0 Å². The van der Waals surface area contributed by atoms with Crippen molar-refractivity contribution in [3.05, 3.63) is 15.6 Å². The molecule has 0 spiro atoms. The minimum absolute atomic E-state index is 0. The number of nitrogens with one attached hydrogen (secondary N) is 2. The van der Waals surface area contributed by atoms with Crippen LogP contribution in [-0.2, 0) is 6.54 Å². The Kier molecular flexibility index (Phi) is 7.74. The van der Waals surface area contributed by atoms with Crippen LogP contribution in [0, 0.1) is 19.8 Å². The molecule has 0 bridgehead atoms. The number of hydrogen-bond acceptors (Lipinski definition) is 4. The zero-order chi connectivity index (χ0) is 16.2. The van der Waals surface area contributed by atoms with E-state index >= 15 is 0 Å². The summed E-state index contributed by atoms with van der Waals surface area (Å²) in [6, 6.07) is 0.902. The summed E-state index contributed by atoms with van der Waals surface area (Å²) in [5, 5.41) is 8.02. The second-order valence-corrected chi connectivity index (χ2v) is 7.99. The molecule has 1 aliphatic carbocycles. The molecule has 1 saturated heterocycles. The van der Waals surface area contributed by atoms with E-state index in [-0.39, 0.29) is 24.0 Å². The van der Waals surface area contributed by atoms with E-state index in [9.17, 15) is 0 Å². The lowest BCUT2D eigenvalue weighted by atomic mass is 10.1. The number of aryl methyl sites for hydroxylation is 2. The van der Waals surface area contributed by atoms with Gasteiger partial charge < -0.3 is 15.5 Å². The number of aromatic nitrogens is 1. The maximum atomic E-state index is 4.74. The van der Waals surface area contributed by atoms with Crippen LogP contribution < -0.4 is 10.6 Å². The summed E-state index contributed by atoms with van der Waals surface area (Å²) in [4.78, 5) is 13.1. The van der Waals surface area contributed by atoms with Gasteiger partial charge in [0.15, 0.2) is 5.96 Å². The summed E-state index contributed by atoms with van der Waals surface area (Å²) in [6.07, 6.45) is 4.14. The fourth-order valence-electron chi connectivity index (χ4n) is 3.25. The number of aliphatic imine (C=N–C) groups is 1. The molecule has 1 aromatic heterocycles. The van der Waals surface area contributed by atoms with E-state index in [0.717, 1.165) is 41.7 Å². The van der Waals surface area contributed by atoms with E-state index < -0.39 is 0 Å². The molecule has 24 heavy (non-hydrogen) atoms. The standard InChI is InChI=1S/C17H29N5S.HI/c1-4-18-17(20-10-16-12(2)21-13(3)23-16)19-9-14-7-8-22(11-14)15-5-6-15;/h14-15H,4-11H2,1-3H3,(H2,18,19,20);1H. The monoisotopic (exact) mass is 463 g/mol. The van der Waals surface area contributed by atoms with Crippen molar-refractivity contribution in [1.82, 2.24) is 20.5 Å². The minimum Gasteiger partial charge on any atom is -0.357 e. The van der Waals surface area contributed by atoms with E-state index in [4.69, 9.17) is 4.99 Å². The highest BCUT2D eigenvalue weighted by molar-refractivity contribution is 14.0. The first-order chi connectivity index (χ1) is 11.2. The lowest BCUT2D eigenvalue weighted by Gasteiger charge is -2.17.